The van der Waals surface area contributed by atoms with Crippen LogP contribution in [0, 0.1) is 11.3 Å². The molecule has 0 bridgehead atoms. The number of nitrogens with zero attached hydrogens (tertiary/aromatic N) is 1. The molecule has 0 aliphatic rings. The average Bonchev–Trinajstić information content (AvgIpc) is 2.18. The molecule has 14 heavy (non-hydrogen) atoms. The van der Waals surface area contributed by atoms with Gasteiger partial charge in [-0.2, -0.15) is 5.26 Å². The summed E-state index contributed by atoms with van der Waals surface area (Å²) >= 11 is 3.35. The second-order valence-electron chi connectivity index (χ2n) is 2.94. The smallest absolute Gasteiger partial charge is 0.133 e. The van der Waals surface area contributed by atoms with Crippen molar-refractivity contribution in [3.63, 3.8) is 0 Å². The number of aromatic hydroxyl groups is 1. The lowest BCUT2D eigenvalue weighted by molar-refractivity contribution is 0.474. The van der Waals surface area contributed by atoms with Gasteiger partial charge in [0.15, 0.2) is 0 Å². The van der Waals surface area contributed by atoms with Gasteiger partial charge in [-0.3, -0.25) is 0 Å². The zero-order chi connectivity index (χ0) is 10.1. The van der Waals surface area contributed by atoms with Gasteiger partial charge in [-0.1, -0.05) is 28.1 Å². The van der Waals surface area contributed by atoms with Crippen molar-refractivity contribution in [2.45, 2.75) is 0 Å². The van der Waals surface area contributed by atoms with Crippen LogP contribution in [0.2, 0.25) is 0 Å². The van der Waals surface area contributed by atoms with E-state index in [0.717, 1.165) is 15.2 Å². The summed E-state index contributed by atoms with van der Waals surface area (Å²) in [7, 11) is 0. The second-order valence-corrected chi connectivity index (χ2v) is 3.85. The van der Waals surface area contributed by atoms with Crippen molar-refractivity contribution in [3.05, 3.63) is 40.4 Å². The summed E-state index contributed by atoms with van der Waals surface area (Å²) in [6.07, 6.45) is 0. The van der Waals surface area contributed by atoms with Crippen LogP contribution < -0.4 is 0 Å². The molecular weight excluding hydrogens is 242 g/mol. The molecule has 0 aromatic heterocycles. The molecule has 3 heteroatoms. The van der Waals surface area contributed by atoms with E-state index in [1.54, 1.807) is 6.07 Å². The minimum absolute atomic E-state index is 0.0299. The first-order valence-electron chi connectivity index (χ1n) is 4.03. The molecule has 0 heterocycles. The summed E-state index contributed by atoms with van der Waals surface area (Å²) in [5.41, 5.74) is 0.329. The summed E-state index contributed by atoms with van der Waals surface area (Å²) in [5, 5.41) is 20.0. The van der Waals surface area contributed by atoms with E-state index in [0.29, 0.717) is 5.56 Å². The lowest BCUT2D eigenvalue weighted by atomic mass is 10.0. The number of hydrogen-bond donors (Lipinski definition) is 1. The summed E-state index contributed by atoms with van der Waals surface area (Å²) in [6.45, 7) is 0. The van der Waals surface area contributed by atoms with Crippen molar-refractivity contribution in [2.75, 3.05) is 0 Å². The number of nitriles is 1. The van der Waals surface area contributed by atoms with E-state index >= 15 is 0 Å². The van der Waals surface area contributed by atoms with Crippen molar-refractivity contribution in [1.82, 2.24) is 0 Å². The maximum atomic E-state index is 9.44. The van der Waals surface area contributed by atoms with E-state index in [4.69, 9.17) is 5.26 Å². The molecule has 0 amide bonds. The van der Waals surface area contributed by atoms with Crippen molar-refractivity contribution >= 4 is 26.7 Å². The Kier molecular flexibility index (Phi) is 2.14. The van der Waals surface area contributed by atoms with Gasteiger partial charge < -0.3 is 5.11 Å². The molecule has 2 nitrogen and oxygen atoms in total. The third kappa shape index (κ3) is 1.34. The number of rotatable bonds is 0. The Morgan fingerprint density at radius 2 is 2.00 bits per heavy atom. The highest BCUT2D eigenvalue weighted by Gasteiger charge is 2.05. The monoisotopic (exact) mass is 247 g/mol. The quantitative estimate of drug-likeness (QED) is 0.778. The van der Waals surface area contributed by atoms with E-state index in [1.807, 2.05) is 24.3 Å². The van der Waals surface area contributed by atoms with Crippen LogP contribution in [-0.2, 0) is 0 Å². The number of phenolic OH excluding ortho intramolecular Hbond substituents is 1. The van der Waals surface area contributed by atoms with Gasteiger partial charge in [0.05, 0.1) is 0 Å². The standard InChI is InChI=1S/C11H6BrNO/c12-8-2-3-9-7(5-8)1-4-11(14)10(9)6-13/h1-5,14H. The van der Waals surface area contributed by atoms with Crippen molar-refractivity contribution < 1.29 is 5.11 Å². The Hall–Kier alpha value is -1.53. The molecule has 0 saturated carbocycles. The maximum absolute atomic E-state index is 9.44. The van der Waals surface area contributed by atoms with Gasteiger partial charge in [-0.15, -0.1) is 0 Å². The van der Waals surface area contributed by atoms with Crippen LogP contribution in [0.25, 0.3) is 10.8 Å². The van der Waals surface area contributed by atoms with E-state index in [1.165, 1.54) is 6.07 Å². The fourth-order valence-electron chi connectivity index (χ4n) is 1.41. The van der Waals surface area contributed by atoms with E-state index in [2.05, 4.69) is 15.9 Å². The van der Waals surface area contributed by atoms with Crippen molar-refractivity contribution in [1.29, 1.82) is 5.26 Å². The molecule has 0 spiro atoms. The molecule has 1 N–H and O–H groups in total. The maximum Gasteiger partial charge on any atom is 0.133 e. The molecule has 0 atom stereocenters. The van der Waals surface area contributed by atoms with Crippen LogP contribution in [0.5, 0.6) is 5.75 Å². The zero-order valence-electron chi connectivity index (χ0n) is 7.16. The average molecular weight is 248 g/mol. The number of halogens is 1. The normalized spacial score (nSPS) is 10.0. The predicted molar refractivity (Wildman–Crippen MR) is 58.0 cm³/mol. The molecular formula is C11H6BrNO. The number of phenols is 1. The van der Waals surface area contributed by atoms with Crippen LogP contribution in [0.4, 0.5) is 0 Å². The lowest BCUT2D eigenvalue weighted by Gasteiger charge is -2.02. The van der Waals surface area contributed by atoms with Crippen LogP contribution in [0.1, 0.15) is 5.56 Å². The Labute approximate surface area is 89.5 Å². The Morgan fingerprint density at radius 1 is 1.21 bits per heavy atom. The summed E-state index contributed by atoms with van der Waals surface area (Å²) < 4.78 is 0.958. The van der Waals surface area contributed by atoms with Gasteiger partial charge in [-0.25, -0.2) is 0 Å². The van der Waals surface area contributed by atoms with Crippen LogP contribution in [0.3, 0.4) is 0 Å². The Morgan fingerprint density at radius 3 is 2.71 bits per heavy atom. The number of hydrogen-bond acceptors (Lipinski definition) is 2. The summed E-state index contributed by atoms with van der Waals surface area (Å²) in [6, 6.07) is 10.9. The minimum Gasteiger partial charge on any atom is -0.507 e. The third-order valence-corrected chi connectivity index (χ3v) is 2.56. The van der Waals surface area contributed by atoms with E-state index in [-0.39, 0.29) is 5.75 Å². The van der Waals surface area contributed by atoms with Crippen molar-refractivity contribution in [2.24, 2.45) is 0 Å². The minimum atomic E-state index is 0.0299. The summed E-state index contributed by atoms with van der Waals surface area (Å²) in [5.74, 6) is 0.0299. The SMILES string of the molecule is N#Cc1c(O)ccc2cc(Br)ccc12. The first-order chi connectivity index (χ1) is 6.72. The topological polar surface area (TPSA) is 44.0 Å². The first kappa shape index (κ1) is 9.04. The molecule has 0 radical (unpaired) electrons. The molecule has 2 aromatic rings. The molecule has 0 aliphatic carbocycles. The summed E-state index contributed by atoms with van der Waals surface area (Å²) in [4.78, 5) is 0. The van der Waals surface area contributed by atoms with Gasteiger partial charge in [0, 0.05) is 9.86 Å². The largest absolute Gasteiger partial charge is 0.507 e. The first-order valence-corrected chi connectivity index (χ1v) is 4.83. The van der Waals surface area contributed by atoms with Crippen LogP contribution in [-0.4, -0.2) is 5.11 Å². The number of fused-ring (bicyclic) bond motifs is 1. The van der Waals surface area contributed by atoms with Crippen LogP contribution >= 0.6 is 15.9 Å². The number of benzene rings is 2. The lowest BCUT2D eigenvalue weighted by Crippen LogP contribution is -1.81. The van der Waals surface area contributed by atoms with Crippen molar-refractivity contribution in [3.8, 4) is 11.8 Å². The fraction of sp³-hybridized carbons (Fsp3) is 0. The van der Waals surface area contributed by atoms with Gasteiger partial charge >= 0.3 is 0 Å². The molecule has 0 saturated heterocycles. The second kappa shape index (κ2) is 3.32. The van der Waals surface area contributed by atoms with E-state index in [9.17, 15) is 5.11 Å². The Balaban J connectivity index is 2.90. The highest BCUT2D eigenvalue weighted by molar-refractivity contribution is 9.10. The van der Waals surface area contributed by atoms with Gasteiger partial charge in [0.2, 0.25) is 0 Å². The fourth-order valence-corrected chi connectivity index (χ4v) is 1.79. The van der Waals surface area contributed by atoms with Gasteiger partial charge in [-0.05, 0) is 23.6 Å². The zero-order valence-corrected chi connectivity index (χ0v) is 8.75. The predicted octanol–water partition coefficient (Wildman–Crippen LogP) is 3.18. The highest BCUT2D eigenvalue weighted by Crippen LogP contribution is 2.28. The van der Waals surface area contributed by atoms with Gasteiger partial charge in [0.25, 0.3) is 0 Å². The molecule has 2 rings (SSSR count). The third-order valence-electron chi connectivity index (χ3n) is 2.07. The molecule has 0 aliphatic heterocycles. The Bertz CT molecular complexity index is 543. The highest BCUT2D eigenvalue weighted by atomic mass is 79.9. The molecule has 68 valence electrons. The van der Waals surface area contributed by atoms with E-state index < -0.39 is 0 Å². The molecule has 2 aromatic carbocycles. The van der Waals surface area contributed by atoms with Crippen LogP contribution in [0.15, 0.2) is 34.8 Å². The molecule has 0 fully saturated rings. The molecule has 0 unspecified atom stereocenters. The van der Waals surface area contributed by atoms with Gasteiger partial charge in [0.1, 0.15) is 17.4 Å².